The lowest BCUT2D eigenvalue weighted by Crippen LogP contribution is -2.07. The number of hydrogen-bond donors (Lipinski definition) is 2. The van der Waals surface area contributed by atoms with Gasteiger partial charge in [-0.05, 0) is 18.2 Å². The minimum Gasteiger partial charge on any atom is -0.478 e. The Bertz CT molecular complexity index is 875. The third-order valence-corrected chi connectivity index (χ3v) is 4.01. The number of aromatic amines is 1. The van der Waals surface area contributed by atoms with E-state index in [0.717, 1.165) is 40.3 Å². The Labute approximate surface area is 123 Å². The zero-order valence-electron chi connectivity index (χ0n) is 11.3. The number of carbonyl (C=O) groups is 1. The van der Waals surface area contributed by atoms with Crippen LogP contribution in [0.3, 0.4) is 0 Å². The molecule has 0 saturated carbocycles. The molecule has 3 aromatic rings. The minimum absolute atomic E-state index is 0.0984. The smallest absolute Gasteiger partial charge is 0.335 e. The first-order valence-corrected chi connectivity index (χ1v) is 7.35. The highest BCUT2D eigenvalue weighted by atomic mass is 32.1. The Morgan fingerprint density at radius 3 is 2.90 bits per heavy atom. The van der Waals surface area contributed by atoms with Crippen LogP contribution in [0.25, 0.3) is 11.0 Å². The van der Waals surface area contributed by atoms with Gasteiger partial charge in [0.05, 0.1) is 23.1 Å². The SMILES string of the molecule is CCc1nc2ccc(C(=O)O)cc2n1Cc1csc(=O)[nH]1. The summed E-state index contributed by atoms with van der Waals surface area (Å²) >= 11 is 1.11. The second-order valence-electron chi connectivity index (χ2n) is 4.65. The maximum absolute atomic E-state index is 11.2. The van der Waals surface area contributed by atoms with E-state index in [1.807, 2.05) is 11.5 Å². The van der Waals surface area contributed by atoms with Gasteiger partial charge < -0.3 is 14.7 Å². The maximum Gasteiger partial charge on any atom is 0.335 e. The van der Waals surface area contributed by atoms with Crippen molar-refractivity contribution in [3.63, 3.8) is 0 Å². The maximum atomic E-state index is 11.2. The van der Waals surface area contributed by atoms with Crippen LogP contribution in [0.1, 0.15) is 28.8 Å². The predicted molar refractivity (Wildman–Crippen MR) is 80.1 cm³/mol. The van der Waals surface area contributed by atoms with Crippen molar-refractivity contribution in [3.8, 4) is 0 Å². The van der Waals surface area contributed by atoms with Crippen LogP contribution in [0.2, 0.25) is 0 Å². The summed E-state index contributed by atoms with van der Waals surface area (Å²) in [6, 6.07) is 4.88. The van der Waals surface area contributed by atoms with E-state index in [-0.39, 0.29) is 10.4 Å². The molecule has 0 aliphatic carbocycles. The van der Waals surface area contributed by atoms with Gasteiger partial charge in [-0.15, -0.1) is 0 Å². The third-order valence-electron chi connectivity index (χ3n) is 3.29. The van der Waals surface area contributed by atoms with E-state index in [1.165, 1.54) is 0 Å². The minimum atomic E-state index is -0.966. The van der Waals surface area contributed by atoms with Gasteiger partial charge >= 0.3 is 10.8 Å². The number of hydrogen-bond acceptors (Lipinski definition) is 4. The lowest BCUT2D eigenvalue weighted by atomic mass is 10.2. The summed E-state index contributed by atoms with van der Waals surface area (Å²) < 4.78 is 1.94. The topological polar surface area (TPSA) is 88.0 Å². The third kappa shape index (κ3) is 2.47. The molecule has 0 aliphatic heterocycles. The van der Waals surface area contributed by atoms with E-state index < -0.39 is 5.97 Å². The molecule has 0 fully saturated rings. The van der Waals surface area contributed by atoms with Crippen molar-refractivity contribution in [1.82, 2.24) is 14.5 Å². The van der Waals surface area contributed by atoms with E-state index in [2.05, 4.69) is 9.97 Å². The number of carboxylic acid groups (broad SMARTS) is 1. The van der Waals surface area contributed by atoms with Gasteiger partial charge in [-0.25, -0.2) is 9.78 Å². The van der Waals surface area contributed by atoms with Crippen molar-refractivity contribution in [2.24, 2.45) is 0 Å². The second kappa shape index (κ2) is 5.17. The molecule has 2 aromatic heterocycles. The fraction of sp³-hybridized carbons (Fsp3) is 0.214. The molecule has 0 bridgehead atoms. The predicted octanol–water partition coefficient (Wildman–Crippen LogP) is 2.10. The molecule has 21 heavy (non-hydrogen) atoms. The van der Waals surface area contributed by atoms with E-state index >= 15 is 0 Å². The largest absolute Gasteiger partial charge is 0.478 e. The summed E-state index contributed by atoms with van der Waals surface area (Å²) in [7, 11) is 0. The van der Waals surface area contributed by atoms with Crippen LogP contribution in [0, 0.1) is 0 Å². The summed E-state index contributed by atoms with van der Waals surface area (Å²) in [5, 5.41) is 10.9. The molecule has 0 radical (unpaired) electrons. The molecule has 7 heteroatoms. The molecule has 108 valence electrons. The van der Waals surface area contributed by atoms with Crippen molar-refractivity contribution >= 4 is 28.3 Å². The molecule has 2 heterocycles. The summed E-state index contributed by atoms with van der Waals surface area (Å²) in [5.74, 6) is -0.105. The molecule has 0 amide bonds. The van der Waals surface area contributed by atoms with Crippen LogP contribution in [0.5, 0.6) is 0 Å². The van der Waals surface area contributed by atoms with Gasteiger partial charge in [0, 0.05) is 17.5 Å². The molecule has 0 saturated heterocycles. The number of rotatable bonds is 4. The first-order valence-electron chi connectivity index (χ1n) is 6.47. The zero-order chi connectivity index (χ0) is 15.0. The standard InChI is InChI=1S/C14H13N3O3S/c1-2-12-16-10-4-3-8(13(18)19)5-11(10)17(12)6-9-7-21-14(20)15-9/h3-5,7H,2,6H2,1H3,(H,15,20)(H,18,19). The number of H-pyrrole nitrogens is 1. The van der Waals surface area contributed by atoms with Crippen LogP contribution in [0.4, 0.5) is 0 Å². The van der Waals surface area contributed by atoms with E-state index in [0.29, 0.717) is 6.54 Å². The van der Waals surface area contributed by atoms with Crippen molar-refractivity contribution < 1.29 is 9.90 Å². The van der Waals surface area contributed by atoms with E-state index in [4.69, 9.17) is 5.11 Å². The number of aryl methyl sites for hydroxylation is 1. The van der Waals surface area contributed by atoms with Crippen molar-refractivity contribution in [2.75, 3.05) is 0 Å². The number of aromatic nitrogens is 3. The highest BCUT2D eigenvalue weighted by Crippen LogP contribution is 2.20. The molecular weight excluding hydrogens is 290 g/mol. The number of imidazole rings is 1. The number of aromatic carboxylic acids is 1. The Morgan fingerprint density at radius 1 is 1.48 bits per heavy atom. The Kier molecular flexibility index (Phi) is 3.34. The van der Waals surface area contributed by atoms with Gasteiger partial charge in [-0.2, -0.15) is 0 Å². The van der Waals surface area contributed by atoms with Gasteiger partial charge in [0.15, 0.2) is 0 Å². The molecule has 1 aromatic carbocycles. The number of thiazole rings is 1. The summed E-state index contributed by atoms with van der Waals surface area (Å²) in [6.45, 7) is 2.47. The zero-order valence-corrected chi connectivity index (χ0v) is 12.1. The highest BCUT2D eigenvalue weighted by Gasteiger charge is 2.13. The quantitative estimate of drug-likeness (QED) is 0.772. The Hall–Kier alpha value is -2.41. The number of nitrogens with one attached hydrogen (secondary N) is 1. The van der Waals surface area contributed by atoms with E-state index in [1.54, 1.807) is 23.6 Å². The van der Waals surface area contributed by atoms with Crippen molar-refractivity contribution in [2.45, 2.75) is 19.9 Å². The normalized spacial score (nSPS) is 11.1. The lowest BCUT2D eigenvalue weighted by Gasteiger charge is -2.06. The molecule has 0 spiro atoms. The van der Waals surface area contributed by atoms with E-state index in [9.17, 15) is 9.59 Å². The average Bonchev–Trinajstić information content (AvgIpc) is 3.02. The second-order valence-corrected chi connectivity index (χ2v) is 5.49. The highest BCUT2D eigenvalue weighted by molar-refractivity contribution is 7.07. The Balaban J connectivity index is 2.15. The number of benzene rings is 1. The molecule has 0 atom stereocenters. The first-order chi connectivity index (χ1) is 10.1. The van der Waals surface area contributed by atoms with Crippen LogP contribution in [-0.4, -0.2) is 25.6 Å². The molecule has 0 aliphatic rings. The van der Waals surface area contributed by atoms with Gasteiger partial charge in [0.2, 0.25) is 0 Å². The summed E-state index contributed by atoms with van der Waals surface area (Å²) in [5.41, 5.74) is 2.54. The number of fused-ring (bicyclic) bond motifs is 1. The summed E-state index contributed by atoms with van der Waals surface area (Å²) in [6.07, 6.45) is 0.728. The van der Waals surface area contributed by atoms with Crippen LogP contribution >= 0.6 is 11.3 Å². The molecule has 6 nitrogen and oxygen atoms in total. The molecule has 3 rings (SSSR count). The monoisotopic (exact) mass is 303 g/mol. The summed E-state index contributed by atoms with van der Waals surface area (Å²) in [4.78, 5) is 29.5. The number of nitrogens with zero attached hydrogens (tertiary/aromatic N) is 2. The average molecular weight is 303 g/mol. The van der Waals surface area contributed by atoms with Gasteiger partial charge in [0.25, 0.3) is 0 Å². The fourth-order valence-corrected chi connectivity index (χ4v) is 2.89. The molecule has 0 unspecified atom stereocenters. The van der Waals surface area contributed by atoms with Gasteiger partial charge in [0.1, 0.15) is 5.82 Å². The first kappa shape index (κ1) is 13.6. The van der Waals surface area contributed by atoms with Crippen LogP contribution in [-0.2, 0) is 13.0 Å². The lowest BCUT2D eigenvalue weighted by molar-refractivity contribution is 0.0697. The van der Waals surface area contributed by atoms with Gasteiger partial charge in [-0.3, -0.25) is 4.79 Å². The molecule has 2 N–H and O–H groups in total. The molecular formula is C14H13N3O3S. The Morgan fingerprint density at radius 2 is 2.29 bits per heavy atom. The van der Waals surface area contributed by atoms with Crippen LogP contribution in [0.15, 0.2) is 28.4 Å². The fourth-order valence-electron chi connectivity index (χ4n) is 2.31. The van der Waals surface area contributed by atoms with Gasteiger partial charge in [-0.1, -0.05) is 18.3 Å². The van der Waals surface area contributed by atoms with Crippen molar-refractivity contribution in [1.29, 1.82) is 0 Å². The number of carboxylic acids is 1. The van der Waals surface area contributed by atoms with Crippen molar-refractivity contribution in [3.05, 3.63) is 50.3 Å². The van der Waals surface area contributed by atoms with Crippen LogP contribution < -0.4 is 4.87 Å².